The molecule has 0 aliphatic heterocycles. The third-order valence-electron chi connectivity index (χ3n) is 5.59. The van der Waals surface area contributed by atoms with Crippen LogP contribution < -0.4 is 10.1 Å². The maximum absolute atomic E-state index is 5.95. The van der Waals surface area contributed by atoms with Gasteiger partial charge in [-0.3, -0.25) is 9.97 Å². The summed E-state index contributed by atoms with van der Waals surface area (Å²) < 4.78 is 5.95. The molecule has 4 aromatic heterocycles. The van der Waals surface area contributed by atoms with Crippen molar-refractivity contribution < 1.29 is 4.74 Å². The molecule has 0 unspecified atom stereocenters. The van der Waals surface area contributed by atoms with Crippen LogP contribution in [-0.4, -0.2) is 36.7 Å². The van der Waals surface area contributed by atoms with Crippen molar-refractivity contribution >= 4 is 17.2 Å². The van der Waals surface area contributed by atoms with Gasteiger partial charge in [0.25, 0.3) is 0 Å². The highest BCUT2D eigenvalue weighted by Crippen LogP contribution is 2.48. The fourth-order valence-corrected chi connectivity index (χ4v) is 4.48. The Morgan fingerprint density at radius 1 is 1.09 bits per heavy atom. The molecular weight excluding hydrogens is 434 g/mol. The van der Waals surface area contributed by atoms with Gasteiger partial charge in [-0.2, -0.15) is 4.98 Å². The minimum atomic E-state index is 0.506. The molecule has 2 atom stereocenters. The van der Waals surface area contributed by atoms with Crippen molar-refractivity contribution in [1.82, 2.24) is 30.1 Å². The number of nitrogens with zero attached hydrogens (tertiary/aromatic N) is 6. The monoisotopic (exact) mass is 459 g/mol. The van der Waals surface area contributed by atoms with Gasteiger partial charge in [0.2, 0.25) is 5.88 Å². The van der Waals surface area contributed by atoms with Crippen LogP contribution in [0.2, 0.25) is 0 Å². The fourth-order valence-electron chi connectivity index (χ4n) is 3.83. The summed E-state index contributed by atoms with van der Waals surface area (Å²) >= 11 is 1.57. The van der Waals surface area contributed by atoms with E-state index in [4.69, 9.17) is 4.74 Å². The number of rotatable bonds is 9. The number of hydrogen-bond acceptors (Lipinski definition) is 9. The maximum Gasteiger partial charge on any atom is 0.218 e. The number of aromatic nitrogens is 6. The van der Waals surface area contributed by atoms with E-state index >= 15 is 0 Å². The first-order valence-electron chi connectivity index (χ1n) is 11.0. The van der Waals surface area contributed by atoms with Crippen LogP contribution in [0.5, 0.6) is 5.88 Å². The van der Waals surface area contributed by atoms with Crippen LogP contribution in [-0.2, 0) is 6.54 Å². The maximum atomic E-state index is 5.95. The number of ether oxygens (including phenoxy) is 1. The first kappa shape index (κ1) is 21.4. The van der Waals surface area contributed by atoms with Crippen molar-refractivity contribution in [2.45, 2.75) is 39.2 Å². The molecule has 1 N–H and O–H groups in total. The van der Waals surface area contributed by atoms with E-state index in [9.17, 15) is 0 Å². The Morgan fingerprint density at radius 2 is 2.03 bits per heavy atom. The summed E-state index contributed by atoms with van der Waals surface area (Å²) in [7, 11) is 0. The van der Waals surface area contributed by atoms with Crippen molar-refractivity contribution in [1.29, 1.82) is 0 Å². The van der Waals surface area contributed by atoms with Gasteiger partial charge in [-0.25, -0.2) is 4.98 Å². The van der Waals surface area contributed by atoms with E-state index in [0.29, 0.717) is 36.7 Å². The van der Waals surface area contributed by atoms with E-state index < -0.39 is 0 Å². The summed E-state index contributed by atoms with van der Waals surface area (Å²) in [6, 6.07) is 12.0. The van der Waals surface area contributed by atoms with Crippen molar-refractivity contribution in [3.8, 4) is 17.1 Å². The molecule has 5 rings (SSSR count). The highest BCUT2D eigenvalue weighted by Gasteiger charge is 2.38. The van der Waals surface area contributed by atoms with Gasteiger partial charge in [-0.15, -0.1) is 10.2 Å². The lowest BCUT2D eigenvalue weighted by Gasteiger charge is -2.09. The zero-order valence-electron chi connectivity index (χ0n) is 18.6. The number of aryl methyl sites for hydroxylation is 2. The minimum absolute atomic E-state index is 0.506. The lowest BCUT2D eigenvalue weighted by Crippen LogP contribution is -2.06. The zero-order valence-corrected chi connectivity index (χ0v) is 19.4. The molecule has 1 fully saturated rings. The summed E-state index contributed by atoms with van der Waals surface area (Å²) in [6.45, 7) is 5.01. The Bertz CT molecular complexity index is 1210. The largest absolute Gasteiger partial charge is 0.478 e. The molecule has 0 amide bonds. The molecular formula is C24H25N7OS. The molecule has 33 heavy (non-hydrogen) atoms. The molecule has 0 saturated heterocycles. The number of hydrogen-bond donors (Lipinski definition) is 1. The van der Waals surface area contributed by atoms with E-state index in [0.717, 1.165) is 45.6 Å². The summed E-state index contributed by atoms with van der Waals surface area (Å²) in [6.07, 6.45) is 5.85. The lowest BCUT2D eigenvalue weighted by molar-refractivity contribution is 0.289. The van der Waals surface area contributed by atoms with Crippen molar-refractivity contribution in [2.75, 3.05) is 11.9 Å². The standard InChI is InChI=1S/C24H25N7OS/c1-15-28-22(27-14-24-31-30-16(2)33-24)12-23(29-15)32-10-8-17-11-19(17)21-7-6-18(13-26-21)20-5-3-4-9-25-20/h3-7,9,12-13,17,19H,8,10-11,14H2,1-2H3,(H,27,28,29)/t17-,19-/m0/s1. The van der Waals surface area contributed by atoms with E-state index in [1.807, 2.05) is 44.3 Å². The van der Waals surface area contributed by atoms with Gasteiger partial charge in [0.15, 0.2) is 0 Å². The van der Waals surface area contributed by atoms with Gasteiger partial charge in [-0.1, -0.05) is 17.4 Å². The summed E-state index contributed by atoms with van der Waals surface area (Å²) in [5.74, 6) is 3.09. The Morgan fingerprint density at radius 3 is 2.79 bits per heavy atom. The quantitative estimate of drug-likeness (QED) is 0.388. The molecule has 1 saturated carbocycles. The second-order valence-corrected chi connectivity index (χ2v) is 9.40. The average molecular weight is 460 g/mol. The van der Waals surface area contributed by atoms with Gasteiger partial charge in [-0.05, 0) is 56.9 Å². The minimum Gasteiger partial charge on any atom is -0.478 e. The van der Waals surface area contributed by atoms with Crippen LogP contribution in [0.3, 0.4) is 0 Å². The van der Waals surface area contributed by atoms with Crippen LogP contribution in [0.15, 0.2) is 48.8 Å². The molecule has 8 nitrogen and oxygen atoms in total. The van der Waals surface area contributed by atoms with Crippen LogP contribution in [0.25, 0.3) is 11.3 Å². The molecule has 0 aromatic carbocycles. The molecule has 4 heterocycles. The van der Waals surface area contributed by atoms with Gasteiger partial charge in [0.1, 0.15) is 21.7 Å². The fraction of sp³-hybridized carbons (Fsp3) is 0.333. The van der Waals surface area contributed by atoms with Crippen LogP contribution in [0.4, 0.5) is 5.82 Å². The van der Waals surface area contributed by atoms with E-state index in [2.05, 4.69) is 47.6 Å². The number of nitrogens with one attached hydrogen (secondary N) is 1. The predicted octanol–water partition coefficient (Wildman–Crippen LogP) is 4.59. The highest BCUT2D eigenvalue weighted by molar-refractivity contribution is 7.11. The van der Waals surface area contributed by atoms with Gasteiger partial charge >= 0.3 is 0 Å². The van der Waals surface area contributed by atoms with Crippen LogP contribution >= 0.6 is 11.3 Å². The summed E-state index contributed by atoms with van der Waals surface area (Å²) in [4.78, 5) is 17.9. The molecule has 168 valence electrons. The molecule has 4 aromatic rings. The summed E-state index contributed by atoms with van der Waals surface area (Å²) in [5.41, 5.74) is 3.14. The normalized spacial score (nSPS) is 17.0. The van der Waals surface area contributed by atoms with Crippen molar-refractivity contribution in [2.24, 2.45) is 5.92 Å². The van der Waals surface area contributed by atoms with Crippen molar-refractivity contribution in [3.05, 3.63) is 70.3 Å². The first-order valence-corrected chi connectivity index (χ1v) is 11.8. The molecule has 9 heteroatoms. The Balaban J connectivity index is 1.11. The van der Waals surface area contributed by atoms with Crippen LogP contribution in [0.1, 0.15) is 40.3 Å². The zero-order chi connectivity index (χ0) is 22.6. The van der Waals surface area contributed by atoms with E-state index in [1.165, 1.54) is 0 Å². The molecule has 0 radical (unpaired) electrons. The Hall–Kier alpha value is -3.46. The van der Waals surface area contributed by atoms with E-state index in [-0.39, 0.29) is 0 Å². The first-order chi connectivity index (χ1) is 16.1. The van der Waals surface area contributed by atoms with Crippen molar-refractivity contribution in [3.63, 3.8) is 0 Å². The third kappa shape index (κ3) is 5.48. The summed E-state index contributed by atoms with van der Waals surface area (Å²) in [5, 5.41) is 13.3. The highest BCUT2D eigenvalue weighted by atomic mass is 32.1. The lowest BCUT2D eigenvalue weighted by atomic mass is 10.1. The molecule has 0 bridgehead atoms. The second-order valence-electron chi connectivity index (χ2n) is 8.13. The second kappa shape index (κ2) is 9.58. The average Bonchev–Trinajstić information content (AvgIpc) is 3.48. The van der Waals surface area contributed by atoms with Crippen LogP contribution in [0, 0.1) is 19.8 Å². The number of pyridine rings is 2. The van der Waals surface area contributed by atoms with Gasteiger partial charge < -0.3 is 10.1 Å². The van der Waals surface area contributed by atoms with Gasteiger partial charge in [0, 0.05) is 35.6 Å². The molecule has 1 aliphatic rings. The Labute approximate surface area is 196 Å². The smallest absolute Gasteiger partial charge is 0.218 e. The third-order valence-corrected chi connectivity index (χ3v) is 6.43. The topological polar surface area (TPSA) is 98.6 Å². The Kier molecular flexibility index (Phi) is 6.21. The van der Waals surface area contributed by atoms with E-state index in [1.54, 1.807) is 17.5 Å². The predicted molar refractivity (Wildman–Crippen MR) is 127 cm³/mol. The molecule has 1 aliphatic carbocycles. The van der Waals surface area contributed by atoms with Gasteiger partial charge in [0.05, 0.1) is 18.8 Å². The molecule has 0 spiro atoms. The number of anilines is 1. The SMILES string of the molecule is Cc1nc(NCc2nnc(C)s2)cc(OCC[C@H]2C[C@@H]2c2ccc(-c3ccccn3)cn2)n1.